The molecule has 0 N–H and O–H groups in total. The lowest BCUT2D eigenvalue weighted by molar-refractivity contribution is 0.531. The summed E-state index contributed by atoms with van der Waals surface area (Å²) in [6.45, 7) is 2.17. The van der Waals surface area contributed by atoms with E-state index in [0.29, 0.717) is 5.75 Å². The van der Waals surface area contributed by atoms with Gasteiger partial charge in [-0.3, -0.25) is 4.21 Å². The Morgan fingerprint density at radius 3 is 2.18 bits per heavy atom. The molecule has 0 amide bonds. The Morgan fingerprint density at radius 1 is 1.09 bits per heavy atom. The van der Waals surface area contributed by atoms with Crippen LogP contribution < -0.4 is 0 Å². The molecule has 0 fully saturated rings. The normalized spacial score (nSPS) is 13.3. The Balaban J connectivity index is 2.85. The minimum absolute atomic E-state index is 0.339. The van der Waals surface area contributed by atoms with E-state index >= 15 is 0 Å². The van der Waals surface area contributed by atoms with Gasteiger partial charge in [-0.05, 0) is 6.42 Å². The van der Waals surface area contributed by atoms with Crippen LogP contribution in [0.3, 0.4) is 0 Å². The molecule has 0 aliphatic heterocycles. The van der Waals surface area contributed by atoms with Crippen LogP contribution in [0.5, 0.6) is 0 Å². The fourth-order valence-corrected chi connectivity index (χ4v) is 1.44. The Kier molecular flexibility index (Phi) is 8.29. The second-order valence-corrected chi connectivity index (χ2v) is 3.79. The molecule has 0 saturated carbocycles. The molecule has 0 radical (unpaired) electrons. The van der Waals surface area contributed by atoms with Crippen LogP contribution in [0.15, 0.2) is 0 Å². The average molecular weight is 177 g/mol. The predicted molar refractivity (Wildman–Crippen MR) is 47.2 cm³/mol. The van der Waals surface area contributed by atoms with Crippen molar-refractivity contribution in [3.05, 3.63) is 0 Å². The molecule has 2 nitrogen and oxygen atoms in total. The lowest BCUT2D eigenvalue weighted by Crippen LogP contribution is -1.94. The van der Waals surface area contributed by atoms with Crippen LogP contribution in [-0.4, -0.2) is 14.5 Å². The third-order valence-electron chi connectivity index (χ3n) is 1.66. The van der Waals surface area contributed by atoms with Gasteiger partial charge in [0.1, 0.15) is 0 Å². The Morgan fingerprint density at radius 2 is 1.64 bits per heavy atom. The zero-order valence-corrected chi connectivity index (χ0v) is 7.99. The first-order chi connectivity index (χ1) is 5.27. The summed E-state index contributed by atoms with van der Waals surface area (Å²) in [6, 6.07) is 0. The summed E-state index contributed by atoms with van der Waals surface area (Å²) in [5, 5.41) is 0. The fourth-order valence-electron chi connectivity index (χ4n) is 1.00. The minimum Gasteiger partial charge on any atom is -0.772 e. The summed E-state index contributed by atoms with van der Waals surface area (Å²) >= 11 is -1.82. The van der Waals surface area contributed by atoms with Gasteiger partial charge >= 0.3 is 0 Å². The minimum atomic E-state index is -1.82. The zero-order valence-electron chi connectivity index (χ0n) is 7.17. The molecular formula is C8H17O2S-. The average Bonchev–Trinajstić information content (AvgIpc) is 1.96. The molecule has 0 spiro atoms. The molecule has 0 saturated heterocycles. The van der Waals surface area contributed by atoms with E-state index in [4.69, 9.17) is 0 Å². The summed E-state index contributed by atoms with van der Waals surface area (Å²) in [4.78, 5) is 0. The third kappa shape index (κ3) is 10.1. The Labute approximate surface area is 71.7 Å². The van der Waals surface area contributed by atoms with Gasteiger partial charge in [-0.15, -0.1) is 0 Å². The van der Waals surface area contributed by atoms with Crippen molar-refractivity contribution in [3.63, 3.8) is 0 Å². The maximum Gasteiger partial charge on any atom is 0.0102 e. The molecule has 11 heavy (non-hydrogen) atoms. The van der Waals surface area contributed by atoms with Crippen molar-refractivity contribution < 1.29 is 8.76 Å². The highest BCUT2D eigenvalue weighted by molar-refractivity contribution is 7.79. The van der Waals surface area contributed by atoms with Gasteiger partial charge in [0.25, 0.3) is 0 Å². The molecule has 68 valence electrons. The molecule has 0 aromatic carbocycles. The second-order valence-electron chi connectivity index (χ2n) is 2.78. The van der Waals surface area contributed by atoms with Crippen molar-refractivity contribution >= 4 is 11.1 Å². The lowest BCUT2D eigenvalue weighted by Gasteiger charge is -2.03. The molecular weight excluding hydrogens is 160 g/mol. The van der Waals surface area contributed by atoms with Crippen LogP contribution in [0.4, 0.5) is 0 Å². The van der Waals surface area contributed by atoms with E-state index in [0.717, 1.165) is 12.8 Å². The maximum absolute atomic E-state index is 10.1. The van der Waals surface area contributed by atoms with Gasteiger partial charge in [0, 0.05) is 5.75 Å². The molecule has 3 heteroatoms. The topological polar surface area (TPSA) is 40.1 Å². The van der Waals surface area contributed by atoms with Crippen LogP contribution in [0.25, 0.3) is 0 Å². The zero-order chi connectivity index (χ0) is 8.53. The van der Waals surface area contributed by atoms with Gasteiger partial charge < -0.3 is 4.55 Å². The summed E-state index contributed by atoms with van der Waals surface area (Å²) in [5.74, 6) is 0.339. The van der Waals surface area contributed by atoms with Gasteiger partial charge in [-0.1, -0.05) is 50.1 Å². The molecule has 1 atom stereocenters. The first-order valence-corrected chi connectivity index (χ1v) is 5.57. The van der Waals surface area contributed by atoms with Crippen molar-refractivity contribution in [2.24, 2.45) is 0 Å². The molecule has 0 aromatic heterocycles. The van der Waals surface area contributed by atoms with E-state index in [9.17, 15) is 8.76 Å². The predicted octanol–water partition coefficient (Wildman–Crippen LogP) is 2.23. The van der Waals surface area contributed by atoms with E-state index in [1.54, 1.807) is 0 Å². The highest BCUT2D eigenvalue weighted by Crippen LogP contribution is 2.04. The number of hydrogen-bond donors (Lipinski definition) is 0. The van der Waals surface area contributed by atoms with Crippen LogP contribution in [0.2, 0.25) is 0 Å². The number of hydrogen-bond acceptors (Lipinski definition) is 2. The summed E-state index contributed by atoms with van der Waals surface area (Å²) in [7, 11) is 0. The van der Waals surface area contributed by atoms with Crippen molar-refractivity contribution in [2.45, 2.75) is 45.4 Å². The van der Waals surface area contributed by atoms with E-state index in [1.807, 2.05) is 0 Å². The van der Waals surface area contributed by atoms with E-state index in [-0.39, 0.29) is 0 Å². The summed E-state index contributed by atoms with van der Waals surface area (Å²) < 4.78 is 20.2. The van der Waals surface area contributed by atoms with Crippen LogP contribution >= 0.6 is 0 Å². The Hall–Kier alpha value is 0.110. The largest absolute Gasteiger partial charge is 0.772 e. The van der Waals surface area contributed by atoms with Gasteiger partial charge in [0.05, 0.1) is 0 Å². The SMILES string of the molecule is CCCCCCCCS(=O)[O-]. The first-order valence-electron chi connectivity index (χ1n) is 4.33. The third-order valence-corrected chi connectivity index (χ3v) is 2.29. The number of rotatable bonds is 7. The molecule has 0 aromatic rings. The van der Waals surface area contributed by atoms with Gasteiger partial charge in [-0.25, -0.2) is 0 Å². The number of unbranched alkanes of at least 4 members (excludes halogenated alkanes) is 5. The van der Waals surface area contributed by atoms with Crippen molar-refractivity contribution in [1.29, 1.82) is 0 Å². The monoisotopic (exact) mass is 177 g/mol. The molecule has 0 aliphatic carbocycles. The van der Waals surface area contributed by atoms with E-state index in [2.05, 4.69) is 6.92 Å². The highest BCUT2D eigenvalue weighted by atomic mass is 32.2. The molecule has 0 rings (SSSR count). The Bertz CT molecular complexity index is 104. The maximum atomic E-state index is 10.1. The van der Waals surface area contributed by atoms with Crippen LogP contribution in [-0.2, 0) is 11.1 Å². The van der Waals surface area contributed by atoms with Crippen molar-refractivity contribution in [1.82, 2.24) is 0 Å². The van der Waals surface area contributed by atoms with E-state index < -0.39 is 11.1 Å². The molecule has 0 heterocycles. The first kappa shape index (κ1) is 11.1. The highest BCUT2D eigenvalue weighted by Gasteiger charge is 1.89. The van der Waals surface area contributed by atoms with Crippen LogP contribution in [0.1, 0.15) is 45.4 Å². The summed E-state index contributed by atoms with van der Waals surface area (Å²) in [6.07, 6.45) is 6.86. The van der Waals surface area contributed by atoms with Crippen LogP contribution in [0, 0.1) is 0 Å². The molecule has 0 aliphatic rings. The smallest absolute Gasteiger partial charge is 0.0102 e. The van der Waals surface area contributed by atoms with E-state index in [1.165, 1.54) is 25.7 Å². The van der Waals surface area contributed by atoms with Crippen molar-refractivity contribution in [3.8, 4) is 0 Å². The quantitative estimate of drug-likeness (QED) is 0.442. The van der Waals surface area contributed by atoms with Gasteiger partial charge in [0.15, 0.2) is 0 Å². The summed E-state index contributed by atoms with van der Waals surface area (Å²) in [5.41, 5.74) is 0. The lowest BCUT2D eigenvalue weighted by atomic mass is 10.1. The standard InChI is InChI=1S/C8H18O2S/c1-2-3-4-5-6-7-8-11(9)10/h2-8H2,1H3,(H,9,10)/p-1. The molecule has 0 bridgehead atoms. The van der Waals surface area contributed by atoms with Gasteiger partial charge in [0.2, 0.25) is 0 Å². The second kappa shape index (κ2) is 8.21. The fraction of sp³-hybridized carbons (Fsp3) is 1.00. The van der Waals surface area contributed by atoms with Crippen molar-refractivity contribution in [2.75, 3.05) is 5.75 Å². The molecule has 1 unspecified atom stereocenters. The van der Waals surface area contributed by atoms with Gasteiger partial charge in [-0.2, -0.15) is 0 Å².